The highest BCUT2D eigenvalue weighted by Gasteiger charge is 2.27. The monoisotopic (exact) mass is 259 g/mol. The molecule has 1 heterocycles. The van der Waals surface area contributed by atoms with E-state index in [4.69, 9.17) is 4.74 Å². The van der Waals surface area contributed by atoms with Crippen LogP contribution in [-0.4, -0.2) is 17.0 Å². The van der Waals surface area contributed by atoms with Gasteiger partial charge in [-0.2, -0.15) is 4.98 Å². The van der Waals surface area contributed by atoms with E-state index in [1.165, 1.54) is 6.07 Å². The van der Waals surface area contributed by atoms with Crippen LogP contribution in [-0.2, 0) is 0 Å². The van der Waals surface area contributed by atoms with Crippen LogP contribution in [0.3, 0.4) is 0 Å². The molecule has 0 atom stereocenters. The third kappa shape index (κ3) is 2.65. The normalized spacial score (nSPS) is 14.2. The van der Waals surface area contributed by atoms with Crippen LogP contribution in [0.4, 0.5) is 10.2 Å². The predicted molar refractivity (Wildman–Crippen MR) is 70.0 cm³/mol. The summed E-state index contributed by atoms with van der Waals surface area (Å²) in [6.45, 7) is 0. The summed E-state index contributed by atoms with van der Waals surface area (Å²) in [5.74, 6) is 1.99. The van der Waals surface area contributed by atoms with Crippen LogP contribution in [0.2, 0.25) is 0 Å². The van der Waals surface area contributed by atoms with E-state index in [9.17, 15) is 4.39 Å². The second-order valence-corrected chi connectivity index (χ2v) is 4.51. The predicted octanol–water partition coefficient (Wildman–Crippen LogP) is 3.33. The summed E-state index contributed by atoms with van der Waals surface area (Å²) in [6, 6.07) is 7.94. The Hall–Kier alpha value is -2.17. The van der Waals surface area contributed by atoms with Crippen LogP contribution < -0.4 is 10.1 Å². The molecule has 1 aliphatic rings. The summed E-state index contributed by atoms with van der Waals surface area (Å²) < 4.78 is 19.0. The molecule has 1 saturated carbocycles. The van der Waals surface area contributed by atoms with Gasteiger partial charge in [-0.05, 0) is 25.0 Å². The van der Waals surface area contributed by atoms with Crippen LogP contribution in [0.25, 0.3) is 0 Å². The third-order valence-corrected chi connectivity index (χ3v) is 2.97. The Balaban J connectivity index is 1.91. The van der Waals surface area contributed by atoms with Gasteiger partial charge in [0.2, 0.25) is 5.88 Å². The molecule has 0 aliphatic heterocycles. The van der Waals surface area contributed by atoms with Crippen molar-refractivity contribution >= 4 is 5.82 Å². The molecular weight excluding hydrogens is 245 g/mol. The second kappa shape index (κ2) is 4.84. The number of benzene rings is 1. The van der Waals surface area contributed by atoms with Crippen molar-refractivity contribution in [2.45, 2.75) is 18.8 Å². The van der Waals surface area contributed by atoms with Gasteiger partial charge < -0.3 is 10.1 Å². The molecule has 98 valence electrons. The summed E-state index contributed by atoms with van der Waals surface area (Å²) in [5, 5.41) is 2.97. The number of nitrogens with one attached hydrogen (secondary N) is 1. The van der Waals surface area contributed by atoms with Crippen molar-refractivity contribution in [3.8, 4) is 11.6 Å². The first-order chi connectivity index (χ1) is 9.26. The van der Waals surface area contributed by atoms with Gasteiger partial charge in [-0.15, -0.1) is 0 Å². The molecule has 4 nitrogen and oxygen atoms in total. The van der Waals surface area contributed by atoms with Gasteiger partial charge in [0.15, 0.2) is 11.6 Å². The fourth-order valence-electron chi connectivity index (χ4n) is 1.79. The SMILES string of the molecule is CNc1cc(Oc2ccccc2F)nc(C2CC2)n1. The Labute approximate surface area is 110 Å². The van der Waals surface area contributed by atoms with E-state index < -0.39 is 5.82 Å². The van der Waals surface area contributed by atoms with Crippen LogP contribution >= 0.6 is 0 Å². The van der Waals surface area contributed by atoms with Gasteiger partial charge in [-0.3, -0.25) is 0 Å². The molecule has 5 heteroatoms. The number of hydrogen-bond acceptors (Lipinski definition) is 4. The van der Waals surface area contributed by atoms with Crippen LogP contribution in [0.5, 0.6) is 11.6 Å². The maximum absolute atomic E-state index is 13.5. The van der Waals surface area contributed by atoms with Crippen LogP contribution in [0.15, 0.2) is 30.3 Å². The molecule has 0 saturated heterocycles. The van der Waals surface area contributed by atoms with Crippen molar-refractivity contribution in [3.05, 3.63) is 42.0 Å². The topological polar surface area (TPSA) is 47.0 Å². The summed E-state index contributed by atoms with van der Waals surface area (Å²) in [6.07, 6.45) is 2.21. The number of ether oxygens (including phenoxy) is 1. The lowest BCUT2D eigenvalue weighted by molar-refractivity contribution is 0.425. The maximum Gasteiger partial charge on any atom is 0.224 e. The Morgan fingerprint density at radius 2 is 2.05 bits per heavy atom. The number of nitrogens with zero attached hydrogens (tertiary/aromatic N) is 2. The fourth-order valence-corrected chi connectivity index (χ4v) is 1.79. The molecule has 1 N–H and O–H groups in total. The van der Waals surface area contributed by atoms with Gasteiger partial charge in [0, 0.05) is 19.0 Å². The van der Waals surface area contributed by atoms with E-state index in [1.807, 2.05) is 0 Å². The number of anilines is 1. The molecule has 1 aromatic carbocycles. The van der Waals surface area contributed by atoms with Crippen molar-refractivity contribution in [2.24, 2.45) is 0 Å². The zero-order chi connectivity index (χ0) is 13.2. The molecule has 0 spiro atoms. The maximum atomic E-state index is 13.5. The molecule has 1 fully saturated rings. The van der Waals surface area contributed by atoms with E-state index in [0.717, 1.165) is 18.7 Å². The van der Waals surface area contributed by atoms with E-state index in [-0.39, 0.29) is 5.75 Å². The average Bonchev–Trinajstić information content (AvgIpc) is 3.25. The van der Waals surface area contributed by atoms with Gasteiger partial charge in [0.1, 0.15) is 11.6 Å². The van der Waals surface area contributed by atoms with Crippen molar-refractivity contribution in [3.63, 3.8) is 0 Å². The summed E-state index contributed by atoms with van der Waals surface area (Å²) in [7, 11) is 1.78. The molecule has 2 aromatic rings. The zero-order valence-electron chi connectivity index (χ0n) is 10.6. The molecule has 0 radical (unpaired) electrons. The second-order valence-electron chi connectivity index (χ2n) is 4.51. The average molecular weight is 259 g/mol. The Morgan fingerprint density at radius 1 is 1.26 bits per heavy atom. The number of rotatable bonds is 4. The van der Waals surface area contributed by atoms with Gasteiger partial charge in [-0.1, -0.05) is 12.1 Å². The zero-order valence-corrected chi connectivity index (χ0v) is 10.6. The smallest absolute Gasteiger partial charge is 0.224 e. The highest BCUT2D eigenvalue weighted by Crippen LogP contribution is 2.39. The summed E-state index contributed by atoms with van der Waals surface area (Å²) >= 11 is 0. The molecule has 19 heavy (non-hydrogen) atoms. The largest absolute Gasteiger partial charge is 0.436 e. The quantitative estimate of drug-likeness (QED) is 0.914. The first-order valence-corrected chi connectivity index (χ1v) is 6.25. The molecule has 1 aromatic heterocycles. The van der Waals surface area contributed by atoms with Gasteiger partial charge in [-0.25, -0.2) is 9.37 Å². The van der Waals surface area contributed by atoms with Gasteiger partial charge >= 0.3 is 0 Å². The summed E-state index contributed by atoms with van der Waals surface area (Å²) in [5.41, 5.74) is 0. The van der Waals surface area contributed by atoms with Crippen molar-refractivity contribution in [1.29, 1.82) is 0 Å². The molecule has 0 amide bonds. The number of halogens is 1. The van der Waals surface area contributed by atoms with Crippen molar-refractivity contribution in [1.82, 2.24) is 9.97 Å². The van der Waals surface area contributed by atoms with Crippen molar-refractivity contribution < 1.29 is 9.13 Å². The van der Waals surface area contributed by atoms with Crippen molar-refractivity contribution in [2.75, 3.05) is 12.4 Å². The first-order valence-electron chi connectivity index (χ1n) is 6.25. The standard InChI is InChI=1S/C14H14FN3O/c1-16-12-8-13(18-14(17-12)9-6-7-9)19-11-5-3-2-4-10(11)15/h2-5,8-9H,6-7H2,1H3,(H,16,17,18). The molecular formula is C14H14FN3O. The minimum Gasteiger partial charge on any atom is -0.436 e. The summed E-state index contributed by atoms with van der Waals surface area (Å²) in [4.78, 5) is 8.72. The Morgan fingerprint density at radius 3 is 2.74 bits per heavy atom. The lowest BCUT2D eigenvalue weighted by Gasteiger charge is -2.09. The van der Waals surface area contributed by atoms with E-state index in [0.29, 0.717) is 17.6 Å². The van der Waals surface area contributed by atoms with E-state index >= 15 is 0 Å². The number of aromatic nitrogens is 2. The van der Waals surface area contributed by atoms with Crippen LogP contribution in [0, 0.1) is 5.82 Å². The number of para-hydroxylation sites is 1. The minimum absolute atomic E-state index is 0.171. The Kier molecular flexibility index (Phi) is 3.03. The van der Waals surface area contributed by atoms with Gasteiger partial charge in [0.25, 0.3) is 0 Å². The molecule has 1 aliphatic carbocycles. The highest BCUT2D eigenvalue weighted by atomic mass is 19.1. The van der Waals surface area contributed by atoms with E-state index in [2.05, 4.69) is 15.3 Å². The third-order valence-electron chi connectivity index (χ3n) is 2.97. The fraction of sp³-hybridized carbons (Fsp3) is 0.286. The minimum atomic E-state index is -0.403. The molecule has 0 unspecified atom stereocenters. The Bertz CT molecular complexity index is 599. The lowest BCUT2D eigenvalue weighted by atomic mass is 10.3. The molecule has 3 rings (SSSR count). The molecule has 0 bridgehead atoms. The van der Waals surface area contributed by atoms with E-state index in [1.54, 1.807) is 31.3 Å². The van der Waals surface area contributed by atoms with Crippen LogP contribution in [0.1, 0.15) is 24.6 Å². The highest BCUT2D eigenvalue weighted by molar-refractivity contribution is 5.40. The lowest BCUT2D eigenvalue weighted by Crippen LogP contribution is -2.01. The number of hydrogen-bond donors (Lipinski definition) is 1. The van der Waals surface area contributed by atoms with Gasteiger partial charge in [0.05, 0.1) is 0 Å². The first kappa shape index (κ1) is 11.9.